The lowest BCUT2D eigenvalue weighted by Gasteiger charge is -2.21. The summed E-state index contributed by atoms with van der Waals surface area (Å²) in [4.78, 5) is 23.6. The first-order valence-corrected chi connectivity index (χ1v) is 8.61. The average molecular weight is 377 g/mol. The molecule has 138 valence electrons. The van der Waals surface area contributed by atoms with Crippen LogP contribution >= 0.6 is 11.6 Å². The van der Waals surface area contributed by atoms with Gasteiger partial charge >= 0.3 is 18.0 Å². The van der Waals surface area contributed by atoms with Crippen molar-refractivity contribution in [3.05, 3.63) is 28.8 Å². The highest BCUT2D eigenvalue weighted by molar-refractivity contribution is 6.39. The Balaban J connectivity index is 1.85. The number of hydrogen-bond acceptors (Lipinski definition) is 2. The lowest BCUT2D eigenvalue weighted by molar-refractivity contribution is -0.137. The molecule has 1 aliphatic rings. The molecule has 2 amide bonds. The second-order valence-corrected chi connectivity index (χ2v) is 6.60. The Labute approximate surface area is 149 Å². The summed E-state index contributed by atoms with van der Waals surface area (Å²) in [7, 11) is 0. The molecule has 4 nitrogen and oxygen atoms in total. The molecule has 1 aromatic rings. The number of carbonyl (C=O) groups is 2. The average Bonchev–Trinajstić information content (AvgIpc) is 2.56. The molecule has 0 aliphatic heterocycles. The molecule has 1 saturated carbocycles. The lowest BCUT2D eigenvalue weighted by Crippen LogP contribution is -2.36. The molecular weight excluding hydrogens is 357 g/mol. The Bertz CT molecular complexity index is 629. The van der Waals surface area contributed by atoms with E-state index in [4.69, 9.17) is 11.6 Å². The molecule has 0 radical (unpaired) electrons. The van der Waals surface area contributed by atoms with Gasteiger partial charge in [0.25, 0.3) is 0 Å². The van der Waals surface area contributed by atoms with E-state index in [-0.39, 0.29) is 5.69 Å². The van der Waals surface area contributed by atoms with E-state index in [0.29, 0.717) is 18.5 Å². The third-order valence-corrected chi connectivity index (χ3v) is 4.63. The molecule has 25 heavy (non-hydrogen) atoms. The van der Waals surface area contributed by atoms with Crippen LogP contribution in [-0.2, 0) is 15.8 Å². The van der Waals surface area contributed by atoms with Gasteiger partial charge in [-0.3, -0.25) is 9.59 Å². The summed E-state index contributed by atoms with van der Waals surface area (Å²) >= 11 is 5.51. The van der Waals surface area contributed by atoms with Gasteiger partial charge in [-0.15, -0.1) is 0 Å². The van der Waals surface area contributed by atoms with E-state index >= 15 is 0 Å². The van der Waals surface area contributed by atoms with E-state index in [0.717, 1.165) is 25.3 Å². The summed E-state index contributed by atoms with van der Waals surface area (Å²) in [6.45, 7) is 0.380. The minimum Gasteiger partial charge on any atom is -0.348 e. The largest absolute Gasteiger partial charge is 0.417 e. The van der Waals surface area contributed by atoms with Crippen molar-refractivity contribution in [3.63, 3.8) is 0 Å². The fourth-order valence-corrected chi connectivity index (χ4v) is 3.18. The highest BCUT2D eigenvalue weighted by Gasteiger charge is 2.33. The van der Waals surface area contributed by atoms with Crippen molar-refractivity contribution < 1.29 is 22.8 Å². The van der Waals surface area contributed by atoms with Crippen LogP contribution in [0, 0.1) is 5.92 Å². The topological polar surface area (TPSA) is 58.2 Å². The van der Waals surface area contributed by atoms with Gasteiger partial charge in [0.1, 0.15) is 0 Å². The molecule has 1 aromatic carbocycles. The first-order valence-electron chi connectivity index (χ1n) is 8.23. The van der Waals surface area contributed by atoms with E-state index in [1.165, 1.54) is 25.3 Å². The highest BCUT2D eigenvalue weighted by Crippen LogP contribution is 2.36. The Morgan fingerprint density at radius 2 is 1.80 bits per heavy atom. The summed E-state index contributed by atoms with van der Waals surface area (Å²) in [6.07, 6.45) is 2.05. The van der Waals surface area contributed by atoms with Crippen LogP contribution in [0.1, 0.15) is 44.1 Å². The third-order valence-electron chi connectivity index (χ3n) is 4.30. The van der Waals surface area contributed by atoms with Crippen molar-refractivity contribution in [1.29, 1.82) is 0 Å². The van der Waals surface area contributed by atoms with E-state index in [9.17, 15) is 22.8 Å². The van der Waals surface area contributed by atoms with Gasteiger partial charge in [0.2, 0.25) is 0 Å². The number of halogens is 4. The van der Waals surface area contributed by atoms with Crippen LogP contribution in [-0.4, -0.2) is 18.4 Å². The van der Waals surface area contributed by atoms with Crippen molar-refractivity contribution in [2.45, 2.75) is 44.7 Å². The van der Waals surface area contributed by atoms with Gasteiger partial charge in [-0.1, -0.05) is 43.7 Å². The predicted octanol–water partition coefficient (Wildman–Crippen LogP) is 4.38. The van der Waals surface area contributed by atoms with Crippen LogP contribution < -0.4 is 10.6 Å². The Hall–Kier alpha value is -1.76. The maximum Gasteiger partial charge on any atom is 0.417 e. The zero-order chi connectivity index (χ0) is 18.4. The zero-order valence-electron chi connectivity index (χ0n) is 13.6. The van der Waals surface area contributed by atoms with E-state index in [2.05, 4.69) is 10.6 Å². The molecule has 0 unspecified atom stereocenters. The number of benzene rings is 1. The van der Waals surface area contributed by atoms with E-state index in [1.54, 1.807) is 0 Å². The molecule has 1 fully saturated rings. The molecule has 2 N–H and O–H groups in total. The number of nitrogens with one attached hydrogen (secondary N) is 2. The number of hydrogen-bond donors (Lipinski definition) is 2. The maximum absolute atomic E-state index is 12.8. The van der Waals surface area contributed by atoms with Crippen LogP contribution in [0.4, 0.5) is 18.9 Å². The van der Waals surface area contributed by atoms with E-state index < -0.39 is 28.6 Å². The lowest BCUT2D eigenvalue weighted by atomic mass is 9.87. The Morgan fingerprint density at radius 3 is 2.44 bits per heavy atom. The maximum atomic E-state index is 12.8. The van der Waals surface area contributed by atoms with Gasteiger partial charge in [0, 0.05) is 12.2 Å². The summed E-state index contributed by atoms with van der Waals surface area (Å²) in [5, 5.41) is 4.20. The molecular formula is C17H20ClF3N2O2. The second-order valence-electron chi connectivity index (χ2n) is 6.20. The minimum atomic E-state index is -4.64. The van der Waals surface area contributed by atoms with Gasteiger partial charge in [-0.25, -0.2) is 0 Å². The van der Waals surface area contributed by atoms with Crippen molar-refractivity contribution in [3.8, 4) is 0 Å². The molecule has 0 bridgehead atoms. The first-order chi connectivity index (χ1) is 11.8. The molecule has 0 atom stereocenters. The zero-order valence-corrected chi connectivity index (χ0v) is 14.3. The van der Waals surface area contributed by atoms with Crippen LogP contribution in [0.15, 0.2) is 18.2 Å². The standard InChI is InChI=1S/C17H20ClF3N2O2/c18-14-7-6-12(10-13(14)17(19,20)21)23-16(25)15(24)22-9-8-11-4-2-1-3-5-11/h6-7,10-11H,1-5,8-9H2,(H,22,24)(H,23,25). The van der Waals surface area contributed by atoms with Gasteiger partial charge < -0.3 is 10.6 Å². The molecule has 0 heterocycles. The monoisotopic (exact) mass is 376 g/mol. The van der Waals surface area contributed by atoms with Crippen molar-refractivity contribution in [1.82, 2.24) is 5.32 Å². The Kier molecular flexibility index (Phi) is 6.70. The van der Waals surface area contributed by atoms with Gasteiger partial charge in [-0.05, 0) is 30.5 Å². The van der Waals surface area contributed by atoms with Crippen LogP contribution in [0.3, 0.4) is 0 Å². The second kappa shape index (κ2) is 8.56. The molecule has 8 heteroatoms. The van der Waals surface area contributed by atoms with Crippen molar-refractivity contribution >= 4 is 29.1 Å². The smallest absolute Gasteiger partial charge is 0.348 e. The number of carbonyl (C=O) groups excluding carboxylic acids is 2. The van der Waals surface area contributed by atoms with E-state index in [1.807, 2.05) is 0 Å². The number of amides is 2. The van der Waals surface area contributed by atoms with Gasteiger partial charge in [0.15, 0.2) is 0 Å². The number of rotatable bonds is 4. The molecule has 0 aromatic heterocycles. The van der Waals surface area contributed by atoms with Crippen molar-refractivity contribution in [2.24, 2.45) is 5.92 Å². The molecule has 0 spiro atoms. The third kappa shape index (κ3) is 5.92. The van der Waals surface area contributed by atoms with Gasteiger partial charge in [-0.2, -0.15) is 13.2 Å². The summed E-state index contributed by atoms with van der Waals surface area (Å²) in [5.41, 5.74) is -1.20. The fraction of sp³-hybridized carbons (Fsp3) is 0.529. The number of anilines is 1. The quantitative estimate of drug-likeness (QED) is 0.766. The minimum absolute atomic E-state index is 0.135. The molecule has 1 aliphatic carbocycles. The molecule has 0 saturated heterocycles. The van der Waals surface area contributed by atoms with Crippen LogP contribution in [0.5, 0.6) is 0 Å². The number of alkyl halides is 3. The van der Waals surface area contributed by atoms with Crippen molar-refractivity contribution in [2.75, 3.05) is 11.9 Å². The van der Waals surface area contributed by atoms with Gasteiger partial charge in [0.05, 0.1) is 10.6 Å². The predicted molar refractivity (Wildman–Crippen MR) is 89.3 cm³/mol. The molecule has 2 rings (SSSR count). The summed E-state index contributed by atoms with van der Waals surface area (Å²) < 4.78 is 38.4. The van der Waals surface area contributed by atoms with Crippen LogP contribution in [0.25, 0.3) is 0 Å². The first kappa shape index (κ1) is 19.6. The fourth-order valence-electron chi connectivity index (χ4n) is 2.95. The summed E-state index contributed by atoms with van der Waals surface area (Å²) in [5.74, 6) is -1.30. The van der Waals surface area contributed by atoms with Crippen LogP contribution in [0.2, 0.25) is 5.02 Å². The SMILES string of the molecule is O=C(NCCC1CCCCC1)C(=O)Nc1ccc(Cl)c(C(F)(F)F)c1. The normalized spacial score (nSPS) is 15.7. The summed E-state index contributed by atoms with van der Waals surface area (Å²) in [6, 6.07) is 2.95. The highest BCUT2D eigenvalue weighted by atomic mass is 35.5. The Morgan fingerprint density at radius 1 is 1.12 bits per heavy atom.